The van der Waals surface area contributed by atoms with Crippen molar-refractivity contribution in [2.24, 2.45) is 0 Å². The maximum absolute atomic E-state index is 12.8. The third-order valence-corrected chi connectivity index (χ3v) is 6.94. The SMILES string of the molecule is N#Cc1ccc(S(=O)(=O)N2CCC(c3nc4cc(Cl)ccc4o3)CC2)cc1. The predicted octanol–water partition coefficient (Wildman–Crippen LogP) is 3.92. The van der Waals surface area contributed by atoms with Crippen LogP contribution in [-0.2, 0) is 10.0 Å². The Labute approximate surface area is 162 Å². The molecule has 2 aromatic carbocycles. The molecule has 0 bridgehead atoms. The second kappa shape index (κ2) is 6.97. The summed E-state index contributed by atoms with van der Waals surface area (Å²) in [5.41, 5.74) is 1.83. The topological polar surface area (TPSA) is 87.2 Å². The molecule has 8 heteroatoms. The molecule has 1 saturated heterocycles. The molecule has 0 unspecified atom stereocenters. The number of halogens is 1. The Morgan fingerprint density at radius 1 is 1.15 bits per heavy atom. The minimum atomic E-state index is -3.57. The van der Waals surface area contributed by atoms with E-state index in [-0.39, 0.29) is 10.8 Å². The Hall–Kier alpha value is -2.40. The normalized spacial score (nSPS) is 16.4. The van der Waals surface area contributed by atoms with Gasteiger partial charge in [-0.05, 0) is 55.3 Å². The number of nitrogens with zero attached hydrogens (tertiary/aromatic N) is 3. The van der Waals surface area contributed by atoms with E-state index in [1.54, 1.807) is 18.2 Å². The van der Waals surface area contributed by atoms with Gasteiger partial charge in [0.2, 0.25) is 10.0 Å². The van der Waals surface area contributed by atoms with Crippen LogP contribution in [0.15, 0.2) is 51.8 Å². The molecule has 0 aliphatic carbocycles. The highest BCUT2D eigenvalue weighted by atomic mass is 35.5. The zero-order chi connectivity index (χ0) is 19.0. The van der Waals surface area contributed by atoms with Crippen LogP contribution in [0.4, 0.5) is 0 Å². The zero-order valence-electron chi connectivity index (χ0n) is 14.3. The smallest absolute Gasteiger partial charge is 0.243 e. The molecule has 0 spiro atoms. The van der Waals surface area contributed by atoms with E-state index < -0.39 is 10.0 Å². The standard InChI is InChI=1S/C19H16ClN3O3S/c20-15-3-6-18-17(11-15)22-19(26-18)14-7-9-23(10-8-14)27(24,25)16-4-1-13(12-21)2-5-16/h1-6,11,14H,7-10H2. The number of hydrogen-bond donors (Lipinski definition) is 0. The van der Waals surface area contributed by atoms with Crippen molar-refractivity contribution in [2.75, 3.05) is 13.1 Å². The Kier molecular flexibility index (Phi) is 4.64. The fraction of sp³-hybridized carbons (Fsp3) is 0.263. The predicted molar refractivity (Wildman–Crippen MR) is 101 cm³/mol. The lowest BCUT2D eigenvalue weighted by molar-refractivity contribution is 0.293. The number of fused-ring (bicyclic) bond motifs is 1. The first-order valence-electron chi connectivity index (χ1n) is 8.54. The number of benzene rings is 2. The molecule has 138 valence electrons. The number of rotatable bonds is 3. The van der Waals surface area contributed by atoms with Gasteiger partial charge in [-0.25, -0.2) is 13.4 Å². The summed E-state index contributed by atoms with van der Waals surface area (Å²) in [5, 5.41) is 9.46. The Morgan fingerprint density at radius 2 is 1.85 bits per heavy atom. The lowest BCUT2D eigenvalue weighted by Gasteiger charge is -2.29. The fourth-order valence-electron chi connectivity index (χ4n) is 3.29. The first-order valence-corrected chi connectivity index (χ1v) is 10.4. The van der Waals surface area contributed by atoms with E-state index in [1.807, 2.05) is 6.07 Å². The maximum Gasteiger partial charge on any atom is 0.243 e. The minimum absolute atomic E-state index is 0.0728. The van der Waals surface area contributed by atoms with Gasteiger partial charge in [0, 0.05) is 24.0 Å². The average molecular weight is 402 g/mol. The van der Waals surface area contributed by atoms with Crippen molar-refractivity contribution in [3.05, 3.63) is 58.9 Å². The molecule has 6 nitrogen and oxygen atoms in total. The molecule has 2 heterocycles. The molecule has 1 fully saturated rings. The lowest BCUT2D eigenvalue weighted by Crippen LogP contribution is -2.37. The van der Waals surface area contributed by atoms with Crippen molar-refractivity contribution < 1.29 is 12.8 Å². The summed E-state index contributed by atoms with van der Waals surface area (Å²) in [7, 11) is -3.57. The van der Waals surface area contributed by atoms with Crippen molar-refractivity contribution in [1.82, 2.24) is 9.29 Å². The first-order chi connectivity index (χ1) is 13.0. The Balaban J connectivity index is 1.49. The van der Waals surface area contributed by atoms with Crippen molar-refractivity contribution in [1.29, 1.82) is 5.26 Å². The summed E-state index contributed by atoms with van der Waals surface area (Å²) in [6.45, 7) is 0.791. The lowest BCUT2D eigenvalue weighted by atomic mass is 9.98. The molecule has 4 rings (SSSR count). The average Bonchev–Trinajstić information content (AvgIpc) is 3.11. The van der Waals surface area contributed by atoms with Gasteiger partial charge in [-0.2, -0.15) is 9.57 Å². The minimum Gasteiger partial charge on any atom is -0.440 e. The van der Waals surface area contributed by atoms with Crippen molar-refractivity contribution >= 4 is 32.7 Å². The van der Waals surface area contributed by atoms with Gasteiger partial charge in [0.15, 0.2) is 11.5 Å². The van der Waals surface area contributed by atoms with Gasteiger partial charge in [-0.1, -0.05) is 11.6 Å². The van der Waals surface area contributed by atoms with Crippen LogP contribution in [-0.4, -0.2) is 30.8 Å². The fourth-order valence-corrected chi connectivity index (χ4v) is 4.92. The second-order valence-electron chi connectivity index (χ2n) is 6.48. The quantitative estimate of drug-likeness (QED) is 0.663. The second-order valence-corrected chi connectivity index (χ2v) is 8.85. The molecule has 1 aromatic heterocycles. The van der Waals surface area contributed by atoms with E-state index in [4.69, 9.17) is 21.3 Å². The van der Waals surface area contributed by atoms with E-state index in [1.165, 1.54) is 28.6 Å². The summed E-state index contributed by atoms with van der Waals surface area (Å²) >= 11 is 5.99. The van der Waals surface area contributed by atoms with Gasteiger partial charge in [-0.3, -0.25) is 0 Å². The van der Waals surface area contributed by atoms with E-state index in [9.17, 15) is 8.42 Å². The number of piperidine rings is 1. The van der Waals surface area contributed by atoms with Gasteiger partial charge in [-0.15, -0.1) is 0 Å². The number of hydrogen-bond acceptors (Lipinski definition) is 5. The van der Waals surface area contributed by atoms with Crippen molar-refractivity contribution in [3.8, 4) is 6.07 Å². The maximum atomic E-state index is 12.8. The van der Waals surface area contributed by atoms with Crippen LogP contribution in [0.3, 0.4) is 0 Å². The first kappa shape index (κ1) is 18.0. The monoisotopic (exact) mass is 401 g/mol. The summed E-state index contributed by atoms with van der Waals surface area (Å²) in [5.74, 6) is 0.700. The van der Waals surface area contributed by atoms with Crippen LogP contribution < -0.4 is 0 Å². The van der Waals surface area contributed by atoms with Crippen LogP contribution in [0.5, 0.6) is 0 Å². The number of nitriles is 1. The molecule has 27 heavy (non-hydrogen) atoms. The largest absolute Gasteiger partial charge is 0.440 e. The van der Waals surface area contributed by atoms with Crippen LogP contribution >= 0.6 is 11.6 Å². The Bertz CT molecular complexity index is 1130. The van der Waals surface area contributed by atoms with E-state index in [0.29, 0.717) is 53.5 Å². The van der Waals surface area contributed by atoms with Gasteiger partial charge in [0.25, 0.3) is 0 Å². The third-order valence-electron chi connectivity index (χ3n) is 4.79. The molecule has 0 saturated carbocycles. The van der Waals surface area contributed by atoms with Gasteiger partial charge < -0.3 is 4.42 Å². The third kappa shape index (κ3) is 3.44. The van der Waals surface area contributed by atoms with E-state index in [0.717, 1.165) is 0 Å². The highest BCUT2D eigenvalue weighted by molar-refractivity contribution is 7.89. The molecule has 1 aliphatic rings. The molecule has 0 radical (unpaired) electrons. The zero-order valence-corrected chi connectivity index (χ0v) is 15.9. The number of oxazole rings is 1. The summed E-state index contributed by atoms with van der Waals surface area (Å²) < 4.78 is 32.9. The molecular weight excluding hydrogens is 386 g/mol. The summed E-state index contributed by atoms with van der Waals surface area (Å²) in [6.07, 6.45) is 1.27. The van der Waals surface area contributed by atoms with Crippen molar-refractivity contribution in [2.45, 2.75) is 23.7 Å². The summed E-state index contributed by atoms with van der Waals surface area (Å²) in [6, 6.07) is 13.3. The van der Waals surface area contributed by atoms with Gasteiger partial charge in [0.1, 0.15) is 5.52 Å². The summed E-state index contributed by atoms with van der Waals surface area (Å²) in [4.78, 5) is 4.72. The van der Waals surface area contributed by atoms with Crippen molar-refractivity contribution in [3.63, 3.8) is 0 Å². The van der Waals surface area contributed by atoms with Gasteiger partial charge in [0.05, 0.1) is 16.5 Å². The van der Waals surface area contributed by atoms with Crippen LogP contribution in [0.25, 0.3) is 11.1 Å². The molecule has 1 aliphatic heterocycles. The molecule has 0 amide bonds. The van der Waals surface area contributed by atoms with E-state index in [2.05, 4.69) is 4.98 Å². The molecule has 0 atom stereocenters. The number of sulfonamides is 1. The molecular formula is C19H16ClN3O3S. The van der Waals surface area contributed by atoms with E-state index >= 15 is 0 Å². The number of aromatic nitrogens is 1. The Morgan fingerprint density at radius 3 is 2.52 bits per heavy atom. The molecule has 3 aromatic rings. The van der Waals surface area contributed by atoms with Crippen LogP contribution in [0.1, 0.15) is 30.2 Å². The highest BCUT2D eigenvalue weighted by Gasteiger charge is 2.31. The van der Waals surface area contributed by atoms with Crippen LogP contribution in [0.2, 0.25) is 5.02 Å². The molecule has 0 N–H and O–H groups in total. The van der Waals surface area contributed by atoms with Gasteiger partial charge >= 0.3 is 0 Å². The highest BCUT2D eigenvalue weighted by Crippen LogP contribution is 2.32. The van der Waals surface area contributed by atoms with Crippen LogP contribution in [0, 0.1) is 11.3 Å².